The Morgan fingerprint density at radius 2 is 1.46 bits per heavy atom. The van der Waals surface area contributed by atoms with E-state index in [1.807, 2.05) is 0 Å². The zero-order valence-corrected chi connectivity index (χ0v) is 41.8. The van der Waals surface area contributed by atoms with Crippen LogP contribution in [0.5, 0.6) is 17.2 Å². The Bertz CT molecular complexity index is 2520. The van der Waals surface area contributed by atoms with Crippen molar-refractivity contribution < 1.29 is 96.2 Å². The van der Waals surface area contributed by atoms with Crippen molar-refractivity contribution in [2.24, 2.45) is 0 Å². The van der Waals surface area contributed by atoms with Gasteiger partial charge in [-0.1, -0.05) is 12.1 Å². The number of methoxy groups -OCH3 is 2. The molecule has 2 aliphatic carbocycles. The monoisotopic (exact) mass is 1040 g/mol. The molecule has 24 nitrogen and oxygen atoms in total. The maximum absolute atomic E-state index is 14.2. The molecule has 0 radical (unpaired) electrons. The van der Waals surface area contributed by atoms with E-state index in [0.29, 0.717) is 13.2 Å². The van der Waals surface area contributed by atoms with Crippen molar-refractivity contribution >= 4 is 41.0 Å². The lowest BCUT2D eigenvalue weighted by atomic mass is 9.72. The number of Topliss-reactive ketones (excluding diaryl/α,β-unsaturated/α-hetero) is 1. The molecule has 6 aliphatic rings. The molecule has 24 heteroatoms. The minimum Gasteiger partial charge on any atom is -0.507 e. The summed E-state index contributed by atoms with van der Waals surface area (Å²) in [5, 5.41) is 36.4. The molecule has 8 atom stereocenters. The standard InChI is InChI=1S/C50H62N4O20/c1-27-47-30(53-14-16-71-49(66-5)48(53)74-47)21-38(72-27)73-32-23-50(64,22-29-40(32)46(63)42-41(44(29)61)43(60)28-7-6-8-31(65-4)39(28)45(42)62)33(55)24-70-26-37(59)52(3)12-11-51(2)36(58)25-69-20-19-68-18-17-67-15-13-54-34(56)9-10-35(54)57/h6-10,27,30,32,38,47-49,61,63-64H,11-26H2,1-5H3/t27-,30-,32-,38-,47+,48+,49-,50-/m0/s1. The number of rotatable bonds is 23. The van der Waals surface area contributed by atoms with Gasteiger partial charge in [-0.05, 0) is 13.0 Å². The highest BCUT2D eigenvalue weighted by molar-refractivity contribution is 6.31. The van der Waals surface area contributed by atoms with E-state index in [0.717, 1.165) is 4.90 Å². The maximum Gasteiger partial charge on any atom is 0.253 e. The topological polar surface area (TPSA) is 285 Å². The predicted octanol–water partition coefficient (Wildman–Crippen LogP) is -0.373. The van der Waals surface area contributed by atoms with Gasteiger partial charge in [0.25, 0.3) is 11.8 Å². The summed E-state index contributed by atoms with van der Waals surface area (Å²) < 4.78 is 57.7. The summed E-state index contributed by atoms with van der Waals surface area (Å²) in [6.45, 7) is 2.41. The van der Waals surface area contributed by atoms with Gasteiger partial charge in [0, 0.05) is 95.0 Å². The van der Waals surface area contributed by atoms with Gasteiger partial charge in [-0.25, -0.2) is 0 Å². The second-order valence-electron chi connectivity index (χ2n) is 18.7. The van der Waals surface area contributed by atoms with E-state index >= 15 is 0 Å². The number of aliphatic hydroxyl groups is 1. The molecule has 3 saturated heterocycles. The van der Waals surface area contributed by atoms with Crippen LogP contribution in [0.15, 0.2) is 30.4 Å². The van der Waals surface area contributed by atoms with Gasteiger partial charge in [-0.15, -0.1) is 0 Å². The number of benzene rings is 2. The Balaban J connectivity index is 0.864. The fourth-order valence-corrected chi connectivity index (χ4v) is 10.1. The van der Waals surface area contributed by atoms with Crippen LogP contribution < -0.4 is 4.74 Å². The van der Waals surface area contributed by atoms with Crippen LogP contribution in [-0.4, -0.2) is 233 Å². The number of likely N-dealkylation sites (N-methyl/N-ethyl adjacent to an activating group) is 2. The molecule has 3 N–H and O–H groups in total. The number of imide groups is 1. The zero-order valence-electron chi connectivity index (χ0n) is 41.8. The molecule has 0 unspecified atom stereocenters. The van der Waals surface area contributed by atoms with Crippen LogP contribution in [0.2, 0.25) is 0 Å². The Morgan fingerprint density at radius 1 is 0.811 bits per heavy atom. The van der Waals surface area contributed by atoms with E-state index in [4.69, 9.17) is 47.4 Å². The number of morpholine rings is 1. The number of hydrogen-bond acceptors (Lipinski definition) is 21. The number of hydrogen-bond donors (Lipinski definition) is 3. The molecular weight excluding hydrogens is 977 g/mol. The molecule has 402 valence electrons. The summed E-state index contributed by atoms with van der Waals surface area (Å²) in [7, 11) is 5.87. The predicted molar refractivity (Wildman–Crippen MR) is 251 cm³/mol. The number of carbonyl (C=O) groups excluding carboxylic acids is 7. The SMILES string of the molecule is COc1cccc2c1C(=O)c1c(O)c3c(c(O)c1C2=O)C[C@@](O)(C(=O)COCC(=O)N(C)CCN(C)C(=O)COCCOCCOCCN1C(=O)C=CC1=O)C[C@@H]3O[C@H]1C[C@H]2[C@H](O[C@@H]3[C@@H](OC)OCCN32)[C@H](C)O1. The summed E-state index contributed by atoms with van der Waals surface area (Å²) in [6, 6.07) is 4.13. The lowest BCUT2D eigenvalue weighted by molar-refractivity contribution is -0.256. The van der Waals surface area contributed by atoms with Crippen LogP contribution in [0.3, 0.4) is 0 Å². The second kappa shape index (κ2) is 23.4. The first-order chi connectivity index (χ1) is 35.5. The quantitative estimate of drug-likeness (QED) is 0.0620. The largest absolute Gasteiger partial charge is 0.507 e. The summed E-state index contributed by atoms with van der Waals surface area (Å²) in [5.41, 5.74) is -3.89. The number of amides is 4. The number of aromatic hydroxyl groups is 2. The van der Waals surface area contributed by atoms with Crippen molar-refractivity contribution in [2.45, 2.75) is 74.9 Å². The van der Waals surface area contributed by atoms with Crippen molar-refractivity contribution in [1.82, 2.24) is 19.6 Å². The molecule has 4 amide bonds. The first kappa shape index (κ1) is 54.5. The van der Waals surface area contributed by atoms with Crippen LogP contribution in [0.1, 0.15) is 68.8 Å². The highest BCUT2D eigenvalue weighted by Gasteiger charge is 2.55. The highest BCUT2D eigenvalue weighted by Crippen LogP contribution is 2.53. The fourth-order valence-electron chi connectivity index (χ4n) is 10.1. The average Bonchev–Trinajstić information content (AvgIpc) is 3.95. The highest BCUT2D eigenvalue weighted by atomic mass is 16.7. The van der Waals surface area contributed by atoms with Gasteiger partial charge in [0.2, 0.25) is 17.6 Å². The summed E-state index contributed by atoms with van der Waals surface area (Å²) >= 11 is 0. The molecule has 2 aromatic rings. The smallest absolute Gasteiger partial charge is 0.253 e. The molecule has 4 aliphatic heterocycles. The van der Waals surface area contributed by atoms with Gasteiger partial charge in [0.05, 0.1) is 82.2 Å². The third kappa shape index (κ3) is 11.1. The number of nitrogens with zero attached hydrogens (tertiary/aromatic N) is 4. The molecule has 0 saturated carbocycles. The lowest BCUT2D eigenvalue weighted by Crippen LogP contribution is -2.55. The Kier molecular flexibility index (Phi) is 17.2. The van der Waals surface area contributed by atoms with E-state index in [1.54, 1.807) is 14.0 Å². The normalized spacial score (nSPS) is 26.1. The van der Waals surface area contributed by atoms with Gasteiger partial charge < -0.3 is 72.5 Å². The maximum atomic E-state index is 14.2. The molecule has 0 spiro atoms. The summed E-state index contributed by atoms with van der Waals surface area (Å²) in [5.74, 6) is -5.49. The Morgan fingerprint density at radius 3 is 2.14 bits per heavy atom. The van der Waals surface area contributed by atoms with Gasteiger partial charge in [-0.3, -0.25) is 43.4 Å². The minimum absolute atomic E-state index is 0.0732. The Labute approximate surface area is 425 Å². The van der Waals surface area contributed by atoms with E-state index in [9.17, 15) is 48.9 Å². The molecule has 3 fully saturated rings. The van der Waals surface area contributed by atoms with E-state index in [1.165, 1.54) is 61.4 Å². The molecule has 2 aromatic carbocycles. The van der Waals surface area contributed by atoms with Crippen molar-refractivity contribution in [3.05, 3.63) is 63.7 Å². The summed E-state index contributed by atoms with van der Waals surface area (Å²) in [4.78, 5) is 97.2. The average molecular weight is 1040 g/mol. The molecule has 74 heavy (non-hydrogen) atoms. The molecule has 0 aromatic heterocycles. The fraction of sp³-hybridized carbons (Fsp3) is 0.580. The third-order valence-corrected chi connectivity index (χ3v) is 14.1. The van der Waals surface area contributed by atoms with Gasteiger partial charge in [0.1, 0.15) is 48.8 Å². The number of phenolic OH excluding ortho intramolecular Hbond substituents is 2. The van der Waals surface area contributed by atoms with Gasteiger partial charge in [0.15, 0.2) is 30.4 Å². The Hall–Kier alpha value is -5.77. The van der Waals surface area contributed by atoms with Crippen LogP contribution >= 0.6 is 0 Å². The first-order valence-corrected chi connectivity index (χ1v) is 24.3. The van der Waals surface area contributed by atoms with E-state index in [2.05, 4.69) is 4.90 Å². The first-order valence-electron chi connectivity index (χ1n) is 24.3. The van der Waals surface area contributed by atoms with Crippen LogP contribution in [0.25, 0.3) is 0 Å². The summed E-state index contributed by atoms with van der Waals surface area (Å²) in [6.07, 6.45) is -3.10. The third-order valence-electron chi connectivity index (χ3n) is 14.1. The van der Waals surface area contributed by atoms with Crippen LogP contribution in [0, 0.1) is 0 Å². The zero-order chi connectivity index (χ0) is 53.0. The number of carbonyl (C=O) groups is 7. The van der Waals surface area contributed by atoms with Crippen molar-refractivity contribution in [1.29, 1.82) is 0 Å². The number of fused-ring (bicyclic) bond motifs is 6. The number of ketones is 3. The van der Waals surface area contributed by atoms with E-state index in [-0.39, 0.29) is 117 Å². The van der Waals surface area contributed by atoms with Crippen LogP contribution in [0.4, 0.5) is 0 Å². The molecular formula is C50H62N4O20. The number of ether oxygens (including phenoxy) is 10. The molecule has 0 bridgehead atoms. The van der Waals surface area contributed by atoms with Gasteiger partial charge >= 0.3 is 0 Å². The lowest BCUT2D eigenvalue weighted by Gasteiger charge is -2.43. The molecule has 8 rings (SSSR count). The van der Waals surface area contributed by atoms with Gasteiger partial charge in [-0.2, -0.15) is 0 Å². The van der Waals surface area contributed by atoms with Crippen molar-refractivity contribution in [2.75, 3.05) is 114 Å². The number of phenols is 2. The minimum atomic E-state index is -2.36. The van der Waals surface area contributed by atoms with Crippen LogP contribution in [-0.2, 0) is 73.0 Å². The molecule has 4 heterocycles. The van der Waals surface area contributed by atoms with Crippen molar-refractivity contribution in [3.8, 4) is 17.2 Å². The second-order valence-corrected chi connectivity index (χ2v) is 18.7. The van der Waals surface area contributed by atoms with E-state index < -0.39 is 115 Å². The van der Waals surface area contributed by atoms with Crippen molar-refractivity contribution in [3.63, 3.8) is 0 Å².